The number of carbonyl (C=O) groups excluding carboxylic acids is 1. The van der Waals surface area contributed by atoms with Crippen LogP contribution in [0.25, 0.3) is 0 Å². The zero-order valence-electron chi connectivity index (χ0n) is 10.3. The van der Waals surface area contributed by atoms with Crippen LogP contribution in [0, 0.1) is 0 Å². The van der Waals surface area contributed by atoms with E-state index in [0.29, 0.717) is 19.3 Å². The van der Waals surface area contributed by atoms with Crippen LogP contribution in [-0.2, 0) is 14.3 Å². The minimum Gasteiger partial charge on any atom is -0.480 e. The second kappa shape index (κ2) is 7.27. The average Bonchev–Trinajstić information content (AvgIpc) is 2.78. The van der Waals surface area contributed by atoms with Crippen LogP contribution in [0.5, 0.6) is 0 Å². The number of amides is 1. The molecule has 1 amide bonds. The molecule has 2 N–H and O–H groups in total. The molecule has 0 spiro atoms. The van der Waals surface area contributed by atoms with E-state index in [9.17, 15) is 9.59 Å². The maximum atomic E-state index is 11.6. The SMILES string of the molecule is CCCC(NC(=O)CCC1CCCO1)C(=O)O. The van der Waals surface area contributed by atoms with Crippen LogP contribution >= 0.6 is 0 Å². The quantitative estimate of drug-likeness (QED) is 0.707. The Morgan fingerprint density at radius 3 is 2.82 bits per heavy atom. The summed E-state index contributed by atoms with van der Waals surface area (Å²) in [6.45, 7) is 2.67. The van der Waals surface area contributed by atoms with Gasteiger partial charge in [0.2, 0.25) is 5.91 Å². The standard InChI is InChI=1S/C12H21NO4/c1-2-4-10(12(15)16)13-11(14)7-6-9-5-3-8-17-9/h9-10H,2-8H2,1H3,(H,13,14)(H,15,16). The first-order chi connectivity index (χ1) is 8.13. The van der Waals surface area contributed by atoms with Crippen LogP contribution < -0.4 is 5.32 Å². The molecule has 0 radical (unpaired) electrons. The van der Waals surface area contributed by atoms with Crippen LogP contribution in [0.4, 0.5) is 0 Å². The zero-order valence-corrected chi connectivity index (χ0v) is 10.3. The van der Waals surface area contributed by atoms with E-state index < -0.39 is 12.0 Å². The third-order valence-corrected chi connectivity index (χ3v) is 2.93. The molecule has 0 aromatic heterocycles. The van der Waals surface area contributed by atoms with Crippen molar-refractivity contribution in [1.29, 1.82) is 0 Å². The molecular weight excluding hydrogens is 222 g/mol. The minimum atomic E-state index is -0.961. The largest absolute Gasteiger partial charge is 0.480 e. The molecule has 0 aromatic carbocycles. The Hall–Kier alpha value is -1.10. The summed E-state index contributed by atoms with van der Waals surface area (Å²) in [5.74, 6) is -1.15. The summed E-state index contributed by atoms with van der Waals surface area (Å²) in [4.78, 5) is 22.4. The second-order valence-electron chi connectivity index (χ2n) is 4.42. The Morgan fingerprint density at radius 2 is 2.29 bits per heavy atom. The number of hydrogen-bond donors (Lipinski definition) is 2. The molecule has 1 rings (SSSR count). The van der Waals surface area contributed by atoms with Gasteiger partial charge in [-0.05, 0) is 25.7 Å². The summed E-state index contributed by atoms with van der Waals surface area (Å²) < 4.78 is 5.41. The highest BCUT2D eigenvalue weighted by molar-refractivity contribution is 5.83. The molecular formula is C12H21NO4. The number of carboxylic acids is 1. The molecule has 5 heteroatoms. The van der Waals surface area contributed by atoms with Crippen molar-refractivity contribution in [2.45, 2.75) is 57.6 Å². The lowest BCUT2D eigenvalue weighted by Gasteiger charge is -2.14. The van der Waals surface area contributed by atoms with Crippen molar-refractivity contribution in [1.82, 2.24) is 5.32 Å². The summed E-state index contributed by atoms with van der Waals surface area (Å²) in [7, 11) is 0. The fraction of sp³-hybridized carbons (Fsp3) is 0.833. The Labute approximate surface area is 102 Å². The number of rotatable bonds is 7. The highest BCUT2D eigenvalue weighted by Crippen LogP contribution is 2.16. The highest BCUT2D eigenvalue weighted by Gasteiger charge is 2.20. The number of carbonyl (C=O) groups is 2. The summed E-state index contributed by atoms with van der Waals surface area (Å²) in [5.41, 5.74) is 0. The van der Waals surface area contributed by atoms with Crippen molar-refractivity contribution in [3.8, 4) is 0 Å². The van der Waals surface area contributed by atoms with Gasteiger partial charge >= 0.3 is 5.97 Å². The Balaban J connectivity index is 2.23. The van der Waals surface area contributed by atoms with Gasteiger partial charge < -0.3 is 15.2 Å². The van der Waals surface area contributed by atoms with Crippen molar-refractivity contribution < 1.29 is 19.4 Å². The van der Waals surface area contributed by atoms with Gasteiger partial charge in [-0.15, -0.1) is 0 Å². The first-order valence-corrected chi connectivity index (χ1v) is 6.27. The van der Waals surface area contributed by atoms with Gasteiger partial charge in [-0.1, -0.05) is 13.3 Å². The van der Waals surface area contributed by atoms with E-state index in [4.69, 9.17) is 9.84 Å². The van der Waals surface area contributed by atoms with E-state index in [0.717, 1.165) is 25.9 Å². The lowest BCUT2D eigenvalue weighted by Crippen LogP contribution is -2.40. The molecule has 1 heterocycles. The maximum Gasteiger partial charge on any atom is 0.326 e. The molecule has 1 aliphatic rings. The Morgan fingerprint density at radius 1 is 1.53 bits per heavy atom. The summed E-state index contributed by atoms with van der Waals surface area (Å²) in [5, 5.41) is 11.4. The number of hydrogen-bond acceptors (Lipinski definition) is 3. The zero-order chi connectivity index (χ0) is 12.7. The third kappa shape index (κ3) is 5.17. The monoisotopic (exact) mass is 243 g/mol. The molecule has 1 fully saturated rings. The summed E-state index contributed by atoms with van der Waals surface area (Å²) in [6, 6.07) is -0.753. The normalized spacial score (nSPS) is 21.1. The molecule has 2 unspecified atom stereocenters. The van der Waals surface area contributed by atoms with Gasteiger partial charge in [0.05, 0.1) is 6.10 Å². The molecule has 1 aliphatic heterocycles. The molecule has 17 heavy (non-hydrogen) atoms. The summed E-state index contributed by atoms with van der Waals surface area (Å²) in [6.07, 6.45) is 4.48. The van der Waals surface area contributed by atoms with E-state index in [2.05, 4.69) is 5.32 Å². The van der Waals surface area contributed by atoms with Crippen LogP contribution in [0.3, 0.4) is 0 Å². The molecule has 5 nitrogen and oxygen atoms in total. The van der Waals surface area contributed by atoms with Gasteiger partial charge in [-0.3, -0.25) is 4.79 Å². The Kier molecular flexibility index (Phi) is 5.97. The lowest BCUT2D eigenvalue weighted by molar-refractivity contribution is -0.142. The number of aliphatic carboxylic acids is 1. The lowest BCUT2D eigenvalue weighted by atomic mass is 10.1. The Bertz CT molecular complexity index is 261. The van der Waals surface area contributed by atoms with E-state index in [1.54, 1.807) is 0 Å². The molecule has 98 valence electrons. The van der Waals surface area contributed by atoms with Gasteiger partial charge in [-0.2, -0.15) is 0 Å². The third-order valence-electron chi connectivity index (χ3n) is 2.93. The smallest absolute Gasteiger partial charge is 0.326 e. The maximum absolute atomic E-state index is 11.6. The van der Waals surface area contributed by atoms with E-state index in [-0.39, 0.29) is 12.0 Å². The minimum absolute atomic E-state index is 0.176. The van der Waals surface area contributed by atoms with Crippen molar-refractivity contribution >= 4 is 11.9 Å². The number of nitrogens with one attached hydrogen (secondary N) is 1. The van der Waals surface area contributed by atoms with E-state index in [1.165, 1.54) is 0 Å². The van der Waals surface area contributed by atoms with Crippen molar-refractivity contribution in [2.24, 2.45) is 0 Å². The average molecular weight is 243 g/mol. The van der Waals surface area contributed by atoms with Crippen LogP contribution in [0.15, 0.2) is 0 Å². The van der Waals surface area contributed by atoms with E-state index in [1.807, 2.05) is 6.92 Å². The highest BCUT2D eigenvalue weighted by atomic mass is 16.5. The fourth-order valence-corrected chi connectivity index (χ4v) is 1.98. The van der Waals surface area contributed by atoms with Crippen LogP contribution in [0.1, 0.15) is 45.4 Å². The molecule has 0 saturated carbocycles. The first-order valence-electron chi connectivity index (χ1n) is 6.27. The van der Waals surface area contributed by atoms with Gasteiger partial charge in [0, 0.05) is 13.0 Å². The number of ether oxygens (including phenoxy) is 1. The first kappa shape index (κ1) is 14.0. The molecule has 1 saturated heterocycles. The predicted octanol–water partition coefficient (Wildman–Crippen LogP) is 1.32. The summed E-state index contributed by atoms with van der Waals surface area (Å²) >= 11 is 0. The van der Waals surface area contributed by atoms with Crippen LogP contribution in [0.2, 0.25) is 0 Å². The van der Waals surface area contributed by atoms with Gasteiger partial charge in [0.15, 0.2) is 0 Å². The van der Waals surface area contributed by atoms with Crippen LogP contribution in [-0.4, -0.2) is 35.7 Å². The molecule has 0 aromatic rings. The van der Waals surface area contributed by atoms with Crippen molar-refractivity contribution in [3.63, 3.8) is 0 Å². The van der Waals surface area contributed by atoms with Gasteiger partial charge in [0.25, 0.3) is 0 Å². The molecule has 2 atom stereocenters. The molecule has 0 bridgehead atoms. The number of carboxylic acid groups (broad SMARTS) is 1. The van der Waals surface area contributed by atoms with Crippen molar-refractivity contribution in [3.05, 3.63) is 0 Å². The van der Waals surface area contributed by atoms with Crippen molar-refractivity contribution in [2.75, 3.05) is 6.61 Å². The molecule has 0 aliphatic carbocycles. The van der Waals surface area contributed by atoms with E-state index >= 15 is 0 Å². The second-order valence-corrected chi connectivity index (χ2v) is 4.42. The van der Waals surface area contributed by atoms with Gasteiger partial charge in [0.1, 0.15) is 6.04 Å². The predicted molar refractivity (Wildman–Crippen MR) is 62.7 cm³/mol. The topological polar surface area (TPSA) is 75.6 Å². The van der Waals surface area contributed by atoms with Gasteiger partial charge in [-0.25, -0.2) is 4.79 Å². The fourth-order valence-electron chi connectivity index (χ4n) is 1.98.